The zero-order chi connectivity index (χ0) is 7.56. The first-order valence-electron chi connectivity index (χ1n) is 3.09. The molecule has 1 amide bonds. The monoisotopic (exact) mass is 139 g/mol. The van der Waals surface area contributed by atoms with Crippen LogP contribution in [-0.4, -0.2) is 19.0 Å². The van der Waals surface area contributed by atoms with E-state index < -0.39 is 0 Å². The molecule has 0 aromatic rings. The Morgan fingerprint density at radius 3 is 2.90 bits per heavy atom. The maximum absolute atomic E-state index is 10.8. The van der Waals surface area contributed by atoms with E-state index in [-0.39, 0.29) is 11.9 Å². The second-order valence-electron chi connectivity index (χ2n) is 2.09. The Balaban J connectivity index is 2.68. The zero-order valence-corrected chi connectivity index (χ0v) is 5.96. The average Bonchev–Trinajstić information content (AvgIpc) is 2.34. The second-order valence-corrected chi connectivity index (χ2v) is 2.09. The van der Waals surface area contributed by atoms with Crippen LogP contribution in [0, 0.1) is 0 Å². The number of azo groups is 1. The van der Waals surface area contributed by atoms with Gasteiger partial charge in [0.25, 0.3) is 5.91 Å². The first-order chi connectivity index (χ1) is 4.74. The molecule has 0 saturated heterocycles. The van der Waals surface area contributed by atoms with Crippen molar-refractivity contribution in [2.75, 3.05) is 7.05 Å². The molecule has 0 aromatic carbocycles. The molecule has 4 nitrogen and oxygen atoms in total. The molecular weight excluding hydrogens is 130 g/mol. The smallest absolute Gasteiger partial charge is 0.271 e. The lowest BCUT2D eigenvalue weighted by molar-refractivity contribution is -0.117. The largest absolute Gasteiger partial charge is 0.354 e. The van der Waals surface area contributed by atoms with Gasteiger partial charge in [-0.05, 0) is 13.0 Å². The predicted octanol–water partition coefficient (Wildman–Crippen LogP) is 0.471. The highest BCUT2D eigenvalue weighted by molar-refractivity contribution is 5.93. The van der Waals surface area contributed by atoms with Crippen molar-refractivity contribution in [3.05, 3.63) is 11.8 Å². The van der Waals surface area contributed by atoms with E-state index in [0.29, 0.717) is 5.70 Å². The van der Waals surface area contributed by atoms with Gasteiger partial charge in [-0.15, -0.1) is 5.11 Å². The van der Waals surface area contributed by atoms with E-state index in [0.717, 1.165) is 0 Å². The summed E-state index contributed by atoms with van der Waals surface area (Å²) in [5.41, 5.74) is 0.412. The molecule has 0 aromatic heterocycles. The first kappa shape index (κ1) is 6.92. The van der Waals surface area contributed by atoms with Gasteiger partial charge in [-0.3, -0.25) is 4.79 Å². The molecule has 1 aliphatic heterocycles. The third-order valence-electron chi connectivity index (χ3n) is 1.21. The third-order valence-corrected chi connectivity index (χ3v) is 1.21. The molecular formula is C6H9N3O. The molecule has 1 aliphatic rings. The third kappa shape index (κ3) is 1.21. The van der Waals surface area contributed by atoms with Gasteiger partial charge >= 0.3 is 0 Å². The SMILES string of the molecule is CNC(=O)C1=CC(C)N=N1. The maximum Gasteiger partial charge on any atom is 0.271 e. The Labute approximate surface area is 59.0 Å². The van der Waals surface area contributed by atoms with Crippen LogP contribution in [-0.2, 0) is 4.79 Å². The molecule has 0 aliphatic carbocycles. The summed E-state index contributed by atoms with van der Waals surface area (Å²) in [5.74, 6) is -0.173. The highest BCUT2D eigenvalue weighted by atomic mass is 16.2. The van der Waals surface area contributed by atoms with Crippen LogP contribution in [0.2, 0.25) is 0 Å². The van der Waals surface area contributed by atoms with Crippen molar-refractivity contribution in [2.24, 2.45) is 10.2 Å². The van der Waals surface area contributed by atoms with Gasteiger partial charge < -0.3 is 5.32 Å². The molecule has 4 heteroatoms. The molecule has 0 bridgehead atoms. The lowest BCUT2D eigenvalue weighted by Crippen LogP contribution is -2.18. The lowest BCUT2D eigenvalue weighted by Gasteiger charge is -1.91. The summed E-state index contributed by atoms with van der Waals surface area (Å²) < 4.78 is 0. The maximum atomic E-state index is 10.8. The van der Waals surface area contributed by atoms with Crippen LogP contribution in [0.5, 0.6) is 0 Å². The van der Waals surface area contributed by atoms with E-state index in [4.69, 9.17) is 0 Å². The Bertz CT molecular complexity index is 207. The number of carbonyl (C=O) groups is 1. The zero-order valence-electron chi connectivity index (χ0n) is 5.96. The second kappa shape index (κ2) is 2.60. The molecule has 1 heterocycles. The number of nitrogens with one attached hydrogen (secondary N) is 1. The highest BCUT2D eigenvalue weighted by Gasteiger charge is 2.12. The lowest BCUT2D eigenvalue weighted by atomic mass is 10.3. The fourth-order valence-corrected chi connectivity index (χ4v) is 0.698. The van der Waals surface area contributed by atoms with Gasteiger partial charge in [0.15, 0.2) is 0 Å². The van der Waals surface area contributed by atoms with Crippen LogP contribution in [0.3, 0.4) is 0 Å². The summed E-state index contributed by atoms with van der Waals surface area (Å²) >= 11 is 0. The average molecular weight is 139 g/mol. The van der Waals surface area contributed by atoms with E-state index in [2.05, 4.69) is 15.5 Å². The normalized spacial score (nSPS) is 22.6. The van der Waals surface area contributed by atoms with Gasteiger partial charge in [0.1, 0.15) is 5.70 Å². The Hall–Kier alpha value is -1.19. The molecule has 0 saturated carbocycles. The summed E-state index contributed by atoms with van der Waals surface area (Å²) in [5, 5.41) is 9.89. The molecule has 1 N–H and O–H groups in total. The Morgan fingerprint density at radius 2 is 2.50 bits per heavy atom. The molecule has 54 valence electrons. The van der Waals surface area contributed by atoms with E-state index >= 15 is 0 Å². The fourth-order valence-electron chi connectivity index (χ4n) is 0.698. The van der Waals surface area contributed by atoms with Gasteiger partial charge in [0, 0.05) is 7.05 Å². The van der Waals surface area contributed by atoms with Crippen molar-refractivity contribution < 1.29 is 4.79 Å². The molecule has 10 heavy (non-hydrogen) atoms. The van der Waals surface area contributed by atoms with Gasteiger partial charge in [-0.1, -0.05) is 0 Å². The molecule has 0 fully saturated rings. The van der Waals surface area contributed by atoms with Crippen molar-refractivity contribution in [3.63, 3.8) is 0 Å². The summed E-state index contributed by atoms with van der Waals surface area (Å²) in [6.07, 6.45) is 1.72. The minimum atomic E-state index is -0.173. The summed E-state index contributed by atoms with van der Waals surface area (Å²) in [4.78, 5) is 10.8. The Morgan fingerprint density at radius 1 is 1.80 bits per heavy atom. The van der Waals surface area contributed by atoms with Crippen LogP contribution in [0.1, 0.15) is 6.92 Å². The van der Waals surface area contributed by atoms with Crippen LogP contribution < -0.4 is 5.32 Å². The van der Waals surface area contributed by atoms with Gasteiger partial charge in [-0.25, -0.2) is 0 Å². The van der Waals surface area contributed by atoms with Crippen molar-refractivity contribution in [1.82, 2.24) is 5.32 Å². The summed E-state index contributed by atoms with van der Waals surface area (Å²) in [6.45, 7) is 1.87. The predicted molar refractivity (Wildman–Crippen MR) is 36.5 cm³/mol. The number of hydrogen-bond acceptors (Lipinski definition) is 3. The van der Waals surface area contributed by atoms with Crippen molar-refractivity contribution in [2.45, 2.75) is 13.0 Å². The fraction of sp³-hybridized carbons (Fsp3) is 0.500. The van der Waals surface area contributed by atoms with Crippen LogP contribution in [0.25, 0.3) is 0 Å². The van der Waals surface area contributed by atoms with E-state index in [9.17, 15) is 4.79 Å². The van der Waals surface area contributed by atoms with Crippen molar-refractivity contribution >= 4 is 5.91 Å². The number of carbonyl (C=O) groups excluding carboxylic acids is 1. The minimum Gasteiger partial charge on any atom is -0.354 e. The van der Waals surface area contributed by atoms with Crippen LogP contribution in [0.4, 0.5) is 0 Å². The topological polar surface area (TPSA) is 53.8 Å². The molecule has 0 spiro atoms. The minimum absolute atomic E-state index is 0.0484. The number of likely N-dealkylation sites (N-methyl/N-ethyl adjacent to an activating group) is 1. The first-order valence-corrected chi connectivity index (χ1v) is 3.09. The number of amides is 1. The Kier molecular flexibility index (Phi) is 1.80. The van der Waals surface area contributed by atoms with Gasteiger partial charge in [0.2, 0.25) is 0 Å². The standard InChI is InChI=1S/C6H9N3O/c1-4-3-5(9-8-4)6(10)7-2/h3-4H,1-2H3,(H,7,10). The van der Waals surface area contributed by atoms with E-state index in [1.165, 1.54) is 0 Å². The van der Waals surface area contributed by atoms with Gasteiger partial charge in [-0.2, -0.15) is 5.11 Å². The van der Waals surface area contributed by atoms with Crippen LogP contribution in [0.15, 0.2) is 22.0 Å². The number of nitrogens with zero attached hydrogens (tertiary/aromatic N) is 2. The summed E-state index contributed by atoms with van der Waals surface area (Å²) in [6, 6.07) is 0.0484. The van der Waals surface area contributed by atoms with Crippen LogP contribution >= 0.6 is 0 Å². The molecule has 1 atom stereocenters. The molecule has 1 rings (SSSR count). The number of hydrogen-bond donors (Lipinski definition) is 1. The number of rotatable bonds is 1. The van der Waals surface area contributed by atoms with Gasteiger partial charge in [0.05, 0.1) is 6.04 Å². The van der Waals surface area contributed by atoms with E-state index in [1.807, 2.05) is 6.92 Å². The van der Waals surface area contributed by atoms with E-state index in [1.54, 1.807) is 13.1 Å². The molecule has 0 radical (unpaired) electrons. The van der Waals surface area contributed by atoms with Crippen molar-refractivity contribution in [3.8, 4) is 0 Å². The highest BCUT2D eigenvalue weighted by Crippen LogP contribution is 2.10. The van der Waals surface area contributed by atoms with Crippen molar-refractivity contribution in [1.29, 1.82) is 0 Å². The molecule has 1 unspecified atom stereocenters. The quantitative estimate of drug-likeness (QED) is 0.564. The summed E-state index contributed by atoms with van der Waals surface area (Å²) in [7, 11) is 1.57.